The molecule has 2 aromatic rings. The minimum Gasteiger partial charge on any atom is -1.00 e. The van der Waals surface area contributed by atoms with Crippen LogP contribution < -0.4 is 39.6 Å². The molecule has 0 fully saturated rings. The van der Waals surface area contributed by atoms with E-state index in [1.165, 1.54) is 12.1 Å². The molecule has 0 unspecified atom stereocenters. The molecule has 0 saturated carbocycles. The fraction of sp³-hybridized carbons (Fsp3) is 0.400. The number of nitrogens with zero attached hydrogens (tertiary/aromatic N) is 1. The summed E-state index contributed by atoms with van der Waals surface area (Å²) in [6, 6.07) is 9.97. The van der Waals surface area contributed by atoms with Crippen LogP contribution in [0.2, 0.25) is 5.02 Å². The fourth-order valence-electron chi connectivity index (χ4n) is 2.50. The van der Waals surface area contributed by atoms with Gasteiger partial charge >= 0.3 is 0 Å². The van der Waals surface area contributed by atoms with Gasteiger partial charge in [0.2, 0.25) is 0 Å². The van der Waals surface area contributed by atoms with Crippen molar-refractivity contribution in [2.45, 2.75) is 19.6 Å². The third-order valence-electron chi connectivity index (χ3n) is 3.87. The van der Waals surface area contributed by atoms with E-state index in [9.17, 15) is 4.39 Å². The molecule has 2 rings (SSSR count). The third-order valence-corrected chi connectivity index (χ3v) is 4.15. The molecular weight excluding hydrogens is 426 g/mol. The van der Waals surface area contributed by atoms with Crippen molar-refractivity contribution < 1.29 is 38.7 Å². The van der Waals surface area contributed by atoms with E-state index >= 15 is 0 Å². The minimum atomic E-state index is -0.271. The highest BCUT2D eigenvalue weighted by molar-refractivity contribution is 6.32. The van der Waals surface area contributed by atoms with Gasteiger partial charge in [-0.15, -0.1) is 0 Å². The largest absolute Gasteiger partial charge is 1.00 e. The van der Waals surface area contributed by atoms with Gasteiger partial charge in [0.25, 0.3) is 0 Å². The van der Waals surface area contributed by atoms with E-state index in [2.05, 4.69) is 24.3 Å². The second-order valence-electron chi connectivity index (χ2n) is 6.36. The first-order valence-electron chi connectivity index (χ1n) is 8.58. The van der Waals surface area contributed by atoms with Crippen molar-refractivity contribution in [3.8, 4) is 11.5 Å². The zero-order chi connectivity index (χ0) is 18.9. The van der Waals surface area contributed by atoms with Crippen molar-refractivity contribution >= 4 is 11.6 Å². The van der Waals surface area contributed by atoms with Gasteiger partial charge in [0.15, 0.2) is 11.5 Å². The molecule has 0 atom stereocenters. The Kier molecular flexibility index (Phi) is 13.2. The van der Waals surface area contributed by atoms with Crippen LogP contribution in [0.3, 0.4) is 0 Å². The lowest BCUT2D eigenvalue weighted by atomic mass is 10.2. The molecule has 2 aromatic carbocycles. The average Bonchev–Trinajstić information content (AvgIpc) is 2.61. The minimum absolute atomic E-state index is 0. The van der Waals surface area contributed by atoms with Crippen LogP contribution in [0, 0.1) is 5.82 Å². The second kappa shape index (κ2) is 13.9. The lowest BCUT2D eigenvalue weighted by Gasteiger charge is -2.15. The van der Waals surface area contributed by atoms with Gasteiger partial charge in [-0.3, -0.25) is 0 Å². The summed E-state index contributed by atoms with van der Waals surface area (Å²) in [5.41, 5.74) is 1.89. The standard InChI is InChI=1S/C20H26ClFN2O2.2ClH/c1-24(2)10-4-9-23-13-16-11-18(21)20(19(12-16)25-3)26-14-15-5-7-17(22)8-6-15;;/h5-8,11-12,23H,4,9-10,13-14H2,1-3H3;2*1H/p-2. The molecule has 0 spiro atoms. The Balaban J connectivity index is 0.00000364. The highest BCUT2D eigenvalue weighted by Gasteiger charge is 2.12. The number of nitrogens with one attached hydrogen (secondary N) is 1. The number of hydrogen-bond donors (Lipinski definition) is 1. The van der Waals surface area contributed by atoms with E-state index < -0.39 is 0 Å². The molecular formula is C20H26Cl3FN2O2-2. The van der Waals surface area contributed by atoms with Gasteiger partial charge in [-0.25, -0.2) is 4.39 Å². The van der Waals surface area contributed by atoms with Crippen molar-refractivity contribution in [1.29, 1.82) is 0 Å². The number of methoxy groups -OCH3 is 1. The summed E-state index contributed by atoms with van der Waals surface area (Å²) in [7, 11) is 5.72. The zero-order valence-electron chi connectivity index (χ0n) is 16.3. The number of hydrogen-bond acceptors (Lipinski definition) is 4. The van der Waals surface area contributed by atoms with Crippen molar-refractivity contribution in [3.05, 3.63) is 58.4 Å². The average molecular weight is 452 g/mol. The van der Waals surface area contributed by atoms with Crippen LogP contribution in [0.5, 0.6) is 11.5 Å². The molecule has 0 radical (unpaired) electrons. The van der Waals surface area contributed by atoms with Gasteiger partial charge in [-0.2, -0.15) is 0 Å². The Hall–Kier alpha value is -1.24. The molecule has 158 valence electrons. The Bertz CT molecular complexity index is 701. The van der Waals surface area contributed by atoms with Crippen LogP contribution in [-0.2, 0) is 13.2 Å². The van der Waals surface area contributed by atoms with Crippen LogP contribution in [0.15, 0.2) is 36.4 Å². The van der Waals surface area contributed by atoms with E-state index in [0.29, 0.717) is 29.7 Å². The SMILES string of the molecule is COc1cc(CNCCCN(C)C)cc(Cl)c1OCc1ccc(F)cc1.[Cl-].[Cl-]. The van der Waals surface area contributed by atoms with Crippen molar-refractivity contribution in [2.75, 3.05) is 34.3 Å². The van der Waals surface area contributed by atoms with Gasteiger partial charge < -0.3 is 44.5 Å². The molecule has 0 amide bonds. The first-order chi connectivity index (χ1) is 12.5. The first kappa shape index (κ1) is 26.8. The summed E-state index contributed by atoms with van der Waals surface area (Å²) in [6.45, 7) is 2.98. The molecule has 28 heavy (non-hydrogen) atoms. The maximum Gasteiger partial charge on any atom is 0.180 e. The molecule has 8 heteroatoms. The lowest BCUT2D eigenvalue weighted by Crippen LogP contribution is -3.00. The summed E-state index contributed by atoms with van der Waals surface area (Å²) in [5, 5.41) is 3.90. The molecule has 0 aliphatic carbocycles. The van der Waals surface area contributed by atoms with E-state index in [-0.39, 0.29) is 30.6 Å². The van der Waals surface area contributed by atoms with Gasteiger partial charge in [0.1, 0.15) is 12.4 Å². The van der Waals surface area contributed by atoms with E-state index in [1.807, 2.05) is 12.1 Å². The van der Waals surface area contributed by atoms with Gasteiger partial charge in [-0.1, -0.05) is 23.7 Å². The Morgan fingerprint density at radius 1 is 1.07 bits per heavy atom. The Morgan fingerprint density at radius 2 is 1.75 bits per heavy atom. The van der Waals surface area contributed by atoms with Crippen LogP contribution in [0.4, 0.5) is 4.39 Å². The molecule has 1 N–H and O–H groups in total. The summed E-state index contributed by atoms with van der Waals surface area (Å²) in [5.74, 6) is 0.811. The number of ether oxygens (including phenoxy) is 2. The molecule has 4 nitrogen and oxygen atoms in total. The Morgan fingerprint density at radius 3 is 2.36 bits per heavy atom. The van der Waals surface area contributed by atoms with Gasteiger partial charge in [-0.05, 0) is 69.0 Å². The lowest BCUT2D eigenvalue weighted by molar-refractivity contribution is -0.00100. The van der Waals surface area contributed by atoms with Crippen molar-refractivity contribution in [3.63, 3.8) is 0 Å². The maximum absolute atomic E-state index is 13.0. The second-order valence-corrected chi connectivity index (χ2v) is 6.76. The van der Waals surface area contributed by atoms with Crippen molar-refractivity contribution in [1.82, 2.24) is 10.2 Å². The quantitative estimate of drug-likeness (QED) is 0.429. The van der Waals surface area contributed by atoms with Crippen LogP contribution in [0.25, 0.3) is 0 Å². The smallest absolute Gasteiger partial charge is 0.180 e. The number of rotatable bonds is 10. The first-order valence-corrected chi connectivity index (χ1v) is 8.96. The van der Waals surface area contributed by atoms with Crippen LogP contribution in [0.1, 0.15) is 17.5 Å². The van der Waals surface area contributed by atoms with Crippen LogP contribution >= 0.6 is 11.6 Å². The van der Waals surface area contributed by atoms with E-state index in [1.54, 1.807) is 19.2 Å². The number of benzene rings is 2. The highest BCUT2D eigenvalue weighted by Crippen LogP contribution is 2.37. The molecule has 0 bridgehead atoms. The summed E-state index contributed by atoms with van der Waals surface area (Å²) in [6.07, 6.45) is 1.08. The summed E-state index contributed by atoms with van der Waals surface area (Å²) < 4.78 is 24.2. The monoisotopic (exact) mass is 450 g/mol. The number of halogens is 4. The fourth-order valence-corrected chi connectivity index (χ4v) is 2.79. The Labute approximate surface area is 184 Å². The predicted molar refractivity (Wildman–Crippen MR) is 104 cm³/mol. The molecule has 0 heterocycles. The maximum atomic E-state index is 13.0. The molecule has 0 aliphatic heterocycles. The topological polar surface area (TPSA) is 33.7 Å². The highest BCUT2D eigenvalue weighted by atomic mass is 35.5. The zero-order valence-corrected chi connectivity index (χ0v) is 18.5. The van der Waals surface area contributed by atoms with E-state index in [4.69, 9.17) is 21.1 Å². The van der Waals surface area contributed by atoms with Gasteiger partial charge in [0, 0.05) is 6.54 Å². The molecule has 0 aliphatic rings. The van der Waals surface area contributed by atoms with E-state index in [0.717, 1.165) is 30.6 Å². The van der Waals surface area contributed by atoms with Crippen molar-refractivity contribution in [2.24, 2.45) is 0 Å². The summed E-state index contributed by atoms with van der Waals surface area (Å²) in [4.78, 5) is 2.16. The third kappa shape index (κ3) is 8.84. The van der Waals surface area contributed by atoms with Gasteiger partial charge in [0.05, 0.1) is 12.1 Å². The molecule has 0 aromatic heterocycles. The predicted octanol–water partition coefficient (Wildman–Crippen LogP) is -1.88. The normalized spacial score (nSPS) is 10.2. The molecule has 0 saturated heterocycles. The van der Waals surface area contributed by atoms with Crippen LogP contribution in [-0.4, -0.2) is 39.2 Å². The summed E-state index contributed by atoms with van der Waals surface area (Å²) >= 11 is 6.39.